The van der Waals surface area contributed by atoms with Crippen molar-refractivity contribution >= 4 is 29.6 Å². The zero-order valence-electron chi connectivity index (χ0n) is 14.7. The highest BCUT2D eigenvalue weighted by Crippen LogP contribution is 2.40. The van der Waals surface area contributed by atoms with E-state index in [-0.39, 0.29) is 25.3 Å². The number of amides is 1. The van der Waals surface area contributed by atoms with Gasteiger partial charge in [0.1, 0.15) is 0 Å². The van der Waals surface area contributed by atoms with Gasteiger partial charge in [-0.25, -0.2) is 4.79 Å². The van der Waals surface area contributed by atoms with E-state index < -0.39 is 5.97 Å². The molecule has 2 aliphatic rings. The van der Waals surface area contributed by atoms with E-state index in [4.69, 9.17) is 25.8 Å². The van der Waals surface area contributed by atoms with Crippen molar-refractivity contribution in [2.75, 3.05) is 19.9 Å². The number of esters is 1. The Labute approximate surface area is 157 Å². The molecule has 0 saturated carbocycles. The Balaban J connectivity index is 1.53. The molecule has 140 valence electrons. The van der Waals surface area contributed by atoms with Crippen molar-refractivity contribution in [1.29, 1.82) is 0 Å². The second-order valence-electron chi connectivity index (χ2n) is 6.32. The Hall–Kier alpha value is -2.21. The van der Waals surface area contributed by atoms with E-state index in [1.165, 1.54) is 6.08 Å². The fraction of sp³-hybridized carbons (Fsp3) is 0.474. The van der Waals surface area contributed by atoms with Gasteiger partial charge in [-0.1, -0.05) is 18.5 Å². The molecule has 0 unspecified atom stereocenters. The van der Waals surface area contributed by atoms with E-state index in [1.807, 2.05) is 4.90 Å². The van der Waals surface area contributed by atoms with Crippen molar-refractivity contribution in [3.8, 4) is 11.5 Å². The summed E-state index contributed by atoms with van der Waals surface area (Å²) in [6, 6.07) is 3.65. The number of hydrogen-bond donors (Lipinski definition) is 0. The molecule has 1 aromatic rings. The first-order valence-corrected chi connectivity index (χ1v) is 9.19. The summed E-state index contributed by atoms with van der Waals surface area (Å²) in [4.78, 5) is 26.0. The van der Waals surface area contributed by atoms with Crippen LogP contribution in [0.3, 0.4) is 0 Å². The van der Waals surface area contributed by atoms with Gasteiger partial charge in [0.05, 0.1) is 5.02 Å². The number of rotatable bonds is 5. The minimum absolute atomic E-state index is 0.127. The molecule has 0 N–H and O–H groups in total. The maximum Gasteiger partial charge on any atom is 0.331 e. The molecule has 0 bridgehead atoms. The normalized spacial score (nSPS) is 19.0. The number of nitrogens with zero attached hydrogens (tertiary/aromatic N) is 1. The molecule has 0 radical (unpaired) electrons. The fourth-order valence-corrected chi connectivity index (χ4v) is 3.54. The highest BCUT2D eigenvalue weighted by molar-refractivity contribution is 6.32. The molecule has 1 atom stereocenters. The number of hydrogen-bond acceptors (Lipinski definition) is 5. The maximum atomic E-state index is 12.3. The Bertz CT molecular complexity index is 718. The first-order valence-electron chi connectivity index (χ1n) is 8.82. The monoisotopic (exact) mass is 379 g/mol. The van der Waals surface area contributed by atoms with Crippen molar-refractivity contribution in [3.63, 3.8) is 0 Å². The van der Waals surface area contributed by atoms with Crippen molar-refractivity contribution in [2.45, 2.75) is 38.6 Å². The molecule has 6 nitrogen and oxygen atoms in total. The van der Waals surface area contributed by atoms with E-state index in [2.05, 4.69) is 6.92 Å². The molecule has 1 amide bonds. The second-order valence-corrected chi connectivity index (χ2v) is 6.73. The minimum Gasteiger partial charge on any atom is -0.454 e. The average Bonchev–Trinajstić information content (AvgIpc) is 3.13. The molecule has 0 aromatic heterocycles. The topological polar surface area (TPSA) is 65.1 Å². The lowest BCUT2D eigenvalue weighted by atomic mass is 10.00. The first-order chi connectivity index (χ1) is 12.6. The van der Waals surface area contributed by atoms with Gasteiger partial charge in [-0.3, -0.25) is 4.79 Å². The number of benzene rings is 1. The Kier molecular flexibility index (Phi) is 6.04. The van der Waals surface area contributed by atoms with Crippen LogP contribution in [0.15, 0.2) is 18.2 Å². The van der Waals surface area contributed by atoms with Gasteiger partial charge in [0.15, 0.2) is 18.1 Å². The highest BCUT2D eigenvalue weighted by Gasteiger charge is 2.25. The van der Waals surface area contributed by atoms with Crippen LogP contribution in [0.25, 0.3) is 6.08 Å². The van der Waals surface area contributed by atoms with Crippen LogP contribution in [0.2, 0.25) is 5.02 Å². The summed E-state index contributed by atoms with van der Waals surface area (Å²) in [6.07, 6.45) is 6.92. The third kappa shape index (κ3) is 4.30. The average molecular weight is 380 g/mol. The summed E-state index contributed by atoms with van der Waals surface area (Å²) in [5.74, 6) is 0.335. The number of likely N-dealkylation sites (tertiary alicyclic amines) is 1. The number of piperidine rings is 1. The number of ether oxygens (including phenoxy) is 3. The third-order valence-corrected chi connectivity index (χ3v) is 4.90. The third-order valence-electron chi connectivity index (χ3n) is 4.62. The molecule has 1 fully saturated rings. The zero-order chi connectivity index (χ0) is 18.5. The summed E-state index contributed by atoms with van der Waals surface area (Å²) in [5.41, 5.74) is 0.685. The number of carbonyl (C=O) groups excluding carboxylic acids is 2. The summed E-state index contributed by atoms with van der Waals surface area (Å²) in [5, 5.41) is 0.416. The number of fused-ring (bicyclic) bond motifs is 1. The Morgan fingerprint density at radius 2 is 2.19 bits per heavy atom. The van der Waals surface area contributed by atoms with E-state index >= 15 is 0 Å². The van der Waals surface area contributed by atoms with Gasteiger partial charge in [0.25, 0.3) is 5.91 Å². The molecule has 1 saturated heterocycles. The minimum atomic E-state index is -0.572. The van der Waals surface area contributed by atoms with Crippen LogP contribution in [0.5, 0.6) is 11.5 Å². The molecule has 3 rings (SSSR count). The summed E-state index contributed by atoms with van der Waals surface area (Å²) >= 11 is 6.10. The lowest BCUT2D eigenvalue weighted by Gasteiger charge is -2.35. The number of carbonyl (C=O) groups is 2. The van der Waals surface area contributed by atoms with Crippen LogP contribution in [0, 0.1) is 0 Å². The van der Waals surface area contributed by atoms with Gasteiger partial charge in [-0.15, -0.1) is 0 Å². The largest absolute Gasteiger partial charge is 0.454 e. The van der Waals surface area contributed by atoms with E-state index in [0.29, 0.717) is 22.1 Å². The molecular formula is C19H22ClNO5. The molecule has 0 aliphatic carbocycles. The maximum absolute atomic E-state index is 12.3. The summed E-state index contributed by atoms with van der Waals surface area (Å²) in [6.45, 7) is 2.70. The molecular weight excluding hydrogens is 358 g/mol. The van der Waals surface area contributed by atoms with Crippen LogP contribution in [-0.4, -0.2) is 42.8 Å². The van der Waals surface area contributed by atoms with Gasteiger partial charge in [-0.2, -0.15) is 0 Å². The molecule has 7 heteroatoms. The Morgan fingerprint density at radius 3 is 3.00 bits per heavy atom. The number of halogens is 1. The van der Waals surface area contributed by atoms with Gasteiger partial charge in [0, 0.05) is 18.7 Å². The molecule has 2 aliphatic heterocycles. The summed E-state index contributed by atoms with van der Waals surface area (Å²) in [7, 11) is 0. The summed E-state index contributed by atoms with van der Waals surface area (Å²) < 4.78 is 15.6. The predicted octanol–water partition coefficient (Wildman–Crippen LogP) is 3.42. The molecule has 26 heavy (non-hydrogen) atoms. The van der Waals surface area contributed by atoms with Gasteiger partial charge >= 0.3 is 5.97 Å². The van der Waals surface area contributed by atoms with Gasteiger partial charge in [0.2, 0.25) is 6.79 Å². The van der Waals surface area contributed by atoms with Crippen LogP contribution in [0.1, 0.15) is 38.2 Å². The van der Waals surface area contributed by atoms with Crippen molar-refractivity contribution in [2.24, 2.45) is 0 Å². The Morgan fingerprint density at radius 1 is 1.35 bits per heavy atom. The van der Waals surface area contributed by atoms with Crippen LogP contribution < -0.4 is 9.47 Å². The predicted molar refractivity (Wildman–Crippen MR) is 97.2 cm³/mol. The fourth-order valence-electron chi connectivity index (χ4n) is 3.27. The molecule has 1 aromatic carbocycles. The highest BCUT2D eigenvalue weighted by atomic mass is 35.5. The first kappa shape index (κ1) is 18.6. The van der Waals surface area contributed by atoms with Crippen LogP contribution >= 0.6 is 11.6 Å². The SMILES string of the molecule is CC[C@H]1CCCCN1C(=O)COC(=O)/C=C/c1cc(Cl)c2c(c1)OCO2. The van der Waals surface area contributed by atoms with E-state index in [1.54, 1.807) is 18.2 Å². The zero-order valence-corrected chi connectivity index (χ0v) is 15.5. The van der Waals surface area contributed by atoms with Crippen LogP contribution in [-0.2, 0) is 14.3 Å². The smallest absolute Gasteiger partial charge is 0.331 e. The quantitative estimate of drug-likeness (QED) is 0.579. The van der Waals surface area contributed by atoms with Crippen molar-refractivity contribution in [3.05, 3.63) is 28.8 Å². The second kappa shape index (κ2) is 8.45. The van der Waals surface area contributed by atoms with Crippen LogP contribution in [0.4, 0.5) is 0 Å². The van der Waals surface area contributed by atoms with Crippen molar-refractivity contribution in [1.82, 2.24) is 4.90 Å². The molecule has 2 heterocycles. The molecule has 0 spiro atoms. The van der Waals surface area contributed by atoms with Crippen molar-refractivity contribution < 1.29 is 23.8 Å². The lowest BCUT2D eigenvalue weighted by molar-refractivity contribution is -0.150. The van der Waals surface area contributed by atoms with E-state index in [9.17, 15) is 9.59 Å². The van der Waals surface area contributed by atoms with E-state index in [0.717, 1.165) is 32.2 Å². The standard InChI is InChI=1S/C19H22ClNO5/c1-2-14-5-3-4-8-21(14)17(22)11-24-18(23)7-6-13-9-15(20)19-16(10-13)25-12-26-19/h6-7,9-10,14H,2-5,8,11-12H2,1H3/b7-6+/t14-/m0/s1. The lowest BCUT2D eigenvalue weighted by Crippen LogP contribution is -2.45. The van der Waals surface area contributed by atoms with Gasteiger partial charge in [-0.05, 0) is 49.5 Å². The van der Waals surface area contributed by atoms with Gasteiger partial charge < -0.3 is 19.1 Å².